The molecule has 0 unspecified atom stereocenters. The van der Waals surface area contributed by atoms with Gasteiger partial charge < -0.3 is 109 Å². The van der Waals surface area contributed by atoms with E-state index >= 15 is 0 Å². The van der Waals surface area contributed by atoms with Crippen molar-refractivity contribution in [2.75, 3.05) is 26.2 Å². The maximum Gasteiger partial charge on any atom is 0.326 e. The summed E-state index contributed by atoms with van der Waals surface area (Å²) < 4.78 is 0. The fraction of sp³-hybridized carbons (Fsp3) is 0.625. The smallest absolute Gasteiger partial charge is 0.326 e. The highest BCUT2D eigenvalue weighted by Gasteiger charge is 2.37. The predicted molar refractivity (Wildman–Crippen MR) is 328 cm³/mol. The molecule has 35 nitrogen and oxygen atoms in total. The lowest BCUT2D eigenvalue weighted by Gasteiger charge is -2.28. The summed E-state index contributed by atoms with van der Waals surface area (Å²) in [5, 5.41) is 50.6. The zero-order chi connectivity index (χ0) is 68.8. The first-order valence-corrected chi connectivity index (χ1v) is 29.8. The molecule has 0 aliphatic carbocycles. The molecule has 11 amide bonds. The minimum absolute atomic E-state index is 0.0182. The van der Waals surface area contributed by atoms with Crippen LogP contribution in [-0.4, -0.2) is 191 Å². The summed E-state index contributed by atoms with van der Waals surface area (Å²) in [6, 6.07) is -7.80. The summed E-state index contributed by atoms with van der Waals surface area (Å²) in [4.78, 5) is 189. The Balaban J connectivity index is 3.77. The number of aliphatic imine (C=N–C) groups is 1. The lowest BCUT2D eigenvalue weighted by molar-refractivity contribution is -0.144. The number of nitrogens with zero attached hydrogens (tertiary/aromatic N) is 1. The fourth-order valence-electron chi connectivity index (χ4n) is 8.91. The van der Waals surface area contributed by atoms with Crippen LogP contribution < -0.4 is 93.7 Å². The summed E-state index contributed by atoms with van der Waals surface area (Å²) in [6.07, 6.45) is -2.88. The second-order valence-electron chi connectivity index (χ2n) is 22.0. The monoisotopic (exact) mass is 1290 g/mol. The molecule has 0 aromatic heterocycles. The van der Waals surface area contributed by atoms with Crippen LogP contribution >= 0.6 is 0 Å². The molecule has 1 aromatic rings. The molecular formula is C56H94N18O17. The number of unbranched alkanes of at least 4 members (excludes halogenated alkanes) is 3. The van der Waals surface area contributed by atoms with Crippen molar-refractivity contribution in [3.63, 3.8) is 0 Å². The summed E-state index contributed by atoms with van der Waals surface area (Å²) in [7, 11) is 0. The number of carbonyl (C=O) groups is 14. The number of nitrogens with one attached hydrogen (secondary N) is 9. The average Bonchev–Trinajstić information content (AvgIpc) is 1.52. The zero-order valence-electron chi connectivity index (χ0n) is 51.4. The molecule has 0 heterocycles. The Kier molecular flexibility index (Phi) is 38.3. The number of primary amides is 2. The van der Waals surface area contributed by atoms with Crippen molar-refractivity contribution in [1.29, 1.82) is 0 Å². The molecule has 0 spiro atoms. The molecular weight excluding hydrogens is 1200 g/mol. The number of amides is 11. The zero-order valence-corrected chi connectivity index (χ0v) is 51.4. The van der Waals surface area contributed by atoms with E-state index in [4.69, 9.17) is 45.9 Å². The number of hydrogen-bond acceptors (Lipinski definition) is 19. The van der Waals surface area contributed by atoms with E-state index in [1.165, 1.54) is 0 Å². The van der Waals surface area contributed by atoms with Gasteiger partial charge in [0, 0.05) is 19.4 Å². The van der Waals surface area contributed by atoms with Gasteiger partial charge in [-0.25, -0.2) is 4.79 Å². The van der Waals surface area contributed by atoms with Gasteiger partial charge in [-0.3, -0.25) is 67.3 Å². The van der Waals surface area contributed by atoms with Crippen LogP contribution in [0.4, 0.5) is 0 Å². The molecule has 10 atom stereocenters. The number of benzene rings is 1. The second kappa shape index (κ2) is 43.6. The van der Waals surface area contributed by atoms with Crippen molar-refractivity contribution in [2.24, 2.45) is 56.8 Å². The Hall–Kier alpha value is -9.09. The van der Waals surface area contributed by atoms with Gasteiger partial charge in [-0.05, 0) is 115 Å². The normalized spacial score (nSPS) is 14.3. The molecule has 510 valence electrons. The third-order valence-corrected chi connectivity index (χ3v) is 13.6. The third-order valence-electron chi connectivity index (χ3n) is 13.6. The molecule has 0 radical (unpaired) electrons. The molecule has 28 N–H and O–H groups in total. The minimum atomic E-state index is -1.95. The number of hydrogen-bond donors (Lipinski definition) is 20. The highest BCUT2D eigenvalue weighted by atomic mass is 16.4. The van der Waals surface area contributed by atoms with Gasteiger partial charge in [0.25, 0.3) is 0 Å². The minimum Gasteiger partial charge on any atom is -0.481 e. The molecule has 35 heteroatoms. The lowest BCUT2D eigenvalue weighted by atomic mass is 10.00. The van der Waals surface area contributed by atoms with E-state index < -0.39 is 175 Å². The Morgan fingerprint density at radius 3 is 1.15 bits per heavy atom. The van der Waals surface area contributed by atoms with Crippen molar-refractivity contribution in [2.45, 2.75) is 190 Å². The van der Waals surface area contributed by atoms with Crippen LogP contribution in [0, 0.1) is 5.92 Å². The van der Waals surface area contributed by atoms with Crippen LogP contribution in [0.5, 0.6) is 0 Å². The van der Waals surface area contributed by atoms with Gasteiger partial charge in [0.1, 0.15) is 54.4 Å². The van der Waals surface area contributed by atoms with Crippen LogP contribution in [0.15, 0.2) is 35.3 Å². The van der Waals surface area contributed by atoms with Crippen LogP contribution in [-0.2, 0) is 73.5 Å². The number of carboxylic acids is 3. The van der Waals surface area contributed by atoms with Crippen LogP contribution in [0.1, 0.15) is 129 Å². The van der Waals surface area contributed by atoms with Gasteiger partial charge >= 0.3 is 17.9 Å². The Morgan fingerprint density at radius 1 is 0.418 bits per heavy atom. The van der Waals surface area contributed by atoms with Crippen molar-refractivity contribution in [3.8, 4) is 0 Å². The highest BCUT2D eigenvalue weighted by molar-refractivity contribution is 6.00. The molecule has 0 bridgehead atoms. The maximum atomic E-state index is 14.5. The molecule has 0 saturated heterocycles. The molecule has 1 aromatic carbocycles. The summed E-state index contributed by atoms with van der Waals surface area (Å²) in [6.45, 7) is 3.86. The van der Waals surface area contributed by atoms with Crippen LogP contribution in [0.3, 0.4) is 0 Å². The van der Waals surface area contributed by atoms with E-state index in [2.05, 4.69) is 52.8 Å². The summed E-state index contributed by atoms with van der Waals surface area (Å²) >= 11 is 0. The van der Waals surface area contributed by atoms with Crippen LogP contribution in [0.25, 0.3) is 0 Å². The topological polar surface area (TPSA) is 628 Å². The Morgan fingerprint density at radius 2 is 0.769 bits per heavy atom. The van der Waals surface area contributed by atoms with Gasteiger partial charge in [-0.2, -0.15) is 0 Å². The number of rotatable bonds is 48. The van der Waals surface area contributed by atoms with E-state index in [9.17, 15) is 82.4 Å². The number of aliphatic carboxylic acids is 3. The van der Waals surface area contributed by atoms with Gasteiger partial charge in [-0.1, -0.05) is 44.2 Å². The van der Waals surface area contributed by atoms with Crippen molar-refractivity contribution in [3.05, 3.63) is 35.9 Å². The molecule has 91 heavy (non-hydrogen) atoms. The fourth-order valence-corrected chi connectivity index (χ4v) is 8.91. The Bertz CT molecular complexity index is 2630. The van der Waals surface area contributed by atoms with E-state index in [-0.39, 0.29) is 102 Å². The van der Waals surface area contributed by atoms with Crippen molar-refractivity contribution in [1.82, 2.24) is 47.9 Å². The van der Waals surface area contributed by atoms with E-state index in [1.54, 1.807) is 44.2 Å². The first-order chi connectivity index (χ1) is 42.9. The van der Waals surface area contributed by atoms with Gasteiger partial charge in [-0.15, -0.1) is 0 Å². The van der Waals surface area contributed by atoms with Gasteiger partial charge in [0.05, 0.1) is 25.3 Å². The summed E-state index contributed by atoms with van der Waals surface area (Å²) in [5.74, 6) is -16.5. The van der Waals surface area contributed by atoms with E-state index in [0.717, 1.165) is 0 Å². The summed E-state index contributed by atoms with van der Waals surface area (Å²) in [5.41, 5.74) is 45.2. The standard InChI is InChI=1S/C56H94N18O17/c1-30(2)25-38(71-46(81)32(60)27-45(79)80)52(87)72-39(26-31-13-4-3-5-14-31)53(88)70-37(19-20-44(77)78)51(86)73-40(28-42(61)75)54(89)69-36(18-12-24-65-56(63)64)49(84)67-34(16-7-10-22-58)47(82)66-33(15-6-9-21-57)48(83)68-35(17-8-11-23-59)50(85)74-41(55(90)91)29-43(62)76/h3-5,13-14,30,32-41H,6-12,15-29,57-60H2,1-2H3,(H2,61,75)(H2,62,76)(H,66,82)(H,67,84)(H,68,83)(H,69,89)(H,70,88)(H,71,81)(H,72,87)(H,73,86)(H,74,85)(H,77,78)(H,79,80)(H,90,91)(H4,63,64,65)/t32-,33-,34-,35-,36-,37-,38-,39-,40-,41-/m0/s1. The maximum absolute atomic E-state index is 14.5. The van der Waals surface area contributed by atoms with Crippen molar-refractivity contribution < 1.29 is 82.4 Å². The predicted octanol–water partition coefficient (Wildman–Crippen LogP) is -6.42. The Labute approximate surface area is 526 Å². The quantitative estimate of drug-likeness (QED) is 0.0164. The third kappa shape index (κ3) is 33.9. The number of carboxylic acid groups (broad SMARTS) is 3. The lowest BCUT2D eigenvalue weighted by Crippen LogP contribution is -2.61. The first kappa shape index (κ1) is 79.9. The van der Waals surface area contributed by atoms with Gasteiger partial charge in [0.2, 0.25) is 65.0 Å². The number of carbonyl (C=O) groups excluding carboxylic acids is 11. The van der Waals surface area contributed by atoms with Crippen LogP contribution in [0.2, 0.25) is 0 Å². The average molecular weight is 1290 g/mol. The second-order valence-corrected chi connectivity index (χ2v) is 22.0. The number of nitrogens with two attached hydrogens (primary N) is 8. The molecule has 0 fully saturated rings. The largest absolute Gasteiger partial charge is 0.481 e. The van der Waals surface area contributed by atoms with Gasteiger partial charge in [0.15, 0.2) is 5.96 Å². The molecule has 0 aliphatic heterocycles. The molecule has 0 saturated carbocycles. The van der Waals surface area contributed by atoms with E-state index in [0.29, 0.717) is 24.8 Å². The van der Waals surface area contributed by atoms with E-state index in [1.807, 2.05) is 0 Å². The first-order valence-electron chi connectivity index (χ1n) is 29.8. The highest BCUT2D eigenvalue weighted by Crippen LogP contribution is 2.13. The number of guanidine groups is 1. The molecule has 1 rings (SSSR count). The molecule has 0 aliphatic rings. The SMILES string of the molecule is CC(C)C[C@H](NC(=O)[C@@H](N)CC(=O)O)C(=O)N[C@@H](Cc1ccccc1)C(=O)N[C@@H](CCC(=O)O)C(=O)N[C@@H](CC(N)=O)C(=O)N[C@@H](CCCN=C(N)N)C(=O)N[C@@H](CCCCN)C(=O)N[C@@H](CCCCN)C(=O)N[C@@H](CCCCN)C(=O)N[C@@H](CC(N)=O)C(=O)O. The van der Waals surface area contributed by atoms with Crippen molar-refractivity contribution >= 4 is 88.8 Å².